The van der Waals surface area contributed by atoms with Crippen LogP contribution in [0, 0.1) is 11.6 Å². The first-order valence-electron chi connectivity index (χ1n) is 11.0. The average Bonchev–Trinajstić information content (AvgIpc) is 2.84. The van der Waals surface area contributed by atoms with Gasteiger partial charge in [-0.1, -0.05) is 35.9 Å². The Labute approximate surface area is 198 Å². The lowest BCUT2D eigenvalue weighted by Gasteiger charge is -2.37. The van der Waals surface area contributed by atoms with Crippen molar-refractivity contribution in [2.45, 2.75) is 12.5 Å². The first-order chi connectivity index (χ1) is 16.0. The number of nitrogens with zero attached hydrogens (tertiary/aromatic N) is 2. The second-order valence-electron chi connectivity index (χ2n) is 8.03. The number of benzene rings is 3. The number of methoxy groups -OCH3 is 1. The van der Waals surface area contributed by atoms with E-state index in [1.165, 1.54) is 24.3 Å². The van der Waals surface area contributed by atoms with Crippen LogP contribution in [-0.2, 0) is 0 Å². The lowest BCUT2D eigenvalue weighted by Crippen LogP contribution is -2.47. The van der Waals surface area contributed by atoms with Crippen LogP contribution in [0.25, 0.3) is 0 Å². The molecule has 174 valence electrons. The van der Waals surface area contributed by atoms with Crippen LogP contribution >= 0.6 is 11.6 Å². The Morgan fingerprint density at radius 2 is 1.73 bits per heavy atom. The molecule has 1 atom stereocenters. The summed E-state index contributed by atoms with van der Waals surface area (Å²) in [6, 6.07) is 18.7. The third kappa shape index (κ3) is 5.95. The Morgan fingerprint density at radius 1 is 0.939 bits per heavy atom. The molecule has 3 aromatic carbocycles. The highest BCUT2D eigenvalue weighted by atomic mass is 35.5. The molecule has 1 saturated heterocycles. The van der Waals surface area contributed by atoms with E-state index in [1.54, 1.807) is 19.2 Å². The van der Waals surface area contributed by atoms with Crippen LogP contribution in [0.3, 0.4) is 0 Å². The molecular formula is C26H27ClF2N2O2. The molecule has 0 radical (unpaired) electrons. The summed E-state index contributed by atoms with van der Waals surface area (Å²) >= 11 is 5.92. The minimum atomic E-state index is -0.501. The number of hydrogen-bond donors (Lipinski definition) is 0. The zero-order valence-electron chi connectivity index (χ0n) is 18.5. The Balaban J connectivity index is 1.40. The van der Waals surface area contributed by atoms with Crippen LogP contribution in [0.2, 0.25) is 5.02 Å². The fourth-order valence-corrected chi connectivity index (χ4v) is 4.29. The van der Waals surface area contributed by atoms with Gasteiger partial charge in [0, 0.05) is 45.2 Å². The van der Waals surface area contributed by atoms with Crippen molar-refractivity contribution in [3.05, 3.63) is 89.0 Å². The van der Waals surface area contributed by atoms with Crippen LogP contribution < -0.4 is 14.4 Å². The van der Waals surface area contributed by atoms with Crippen molar-refractivity contribution in [3.63, 3.8) is 0 Å². The Hall–Kier alpha value is -2.83. The van der Waals surface area contributed by atoms with Gasteiger partial charge in [0.2, 0.25) is 0 Å². The number of halogens is 3. The summed E-state index contributed by atoms with van der Waals surface area (Å²) in [6.07, 6.45) is 0.280. The van der Waals surface area contributed by atoms with Crippen molar-refractivity contribution in [2.24, 2.45) is 0 Å². The summed E-state index contributed by atoms with van der Waals surface area (Å²) in [6.45, 7) is 4.36. The first kappa shape index (κ1) is 23.3. The van der Waals surface area contributed by atoms with Crippen molar-refractivity contribution in [3.8, 4) is 11.5 Å². The fraction of sp³-hybridized carbons (Fsp3) is 0.308. The van der Waals surface area contributed by atoms with E-state index < -0.39 is 5.82 Å². The maximum absolute atomic E-state index is 13.9. The molecule has 0 bridgehead atoms. The van der Waals surface area contributed by atoms with E-state index in [2.05, 4.69) is 15.9 Å². The van der Waals surface area contributed by atoms with Crippen LogP contribution in [0.1, 0.15) is 18.1 Å². The molecule has 1 aliphatic heterocycles. The van der Waals surface area contributed by atoms with E-state index in [1.807, 2.05) is 24.3 Å². The maximum atomic E-state index is 13.9. The van der Waals surface area contributed by atoms with E-state index in [-0.39, 0.29) is 16.9 Å². The number of rotatable bonds is 8. The third-order valence-electron chi connectivity index (χ3n) is 5.90. The predicted molar refractivity (Wildman–Crippen MR) is 127 cm³/mol. The van der Waals surface area contributed by atoms with E-state index in [0.717, 1.165) is 49.7 Å². The molecule has 0 aromatic heterocycles. The van der Waals surface area contributed by atoms with Gasteiger partial charge < -0.3 is 14.4 Å². The van der Waals surface area contributed by atoms with Crippen LogP contribution in [0.4, 0.5) is 14.5 Å². The second kappa shape index (κ2) is 10.9. The van der Waals surface area contributed by atoms with Crippen molar-refractivity contribution < 1.29 is 18.3 Å². The summed E-state index contributed by atoms with van der Waals surface area (Å²) < 4.78 is 39.1. The molecular weight excluding hydrogens is 446 g/mol. The maximum Gasteiger partial charge on any atom is 0.142 e. The monoisotopic (exact) mass is 472 g/mol. The fourth-order valence-electron chi connectivity index (χ4n) is 4.12. The summed E-state index contributed by atoms with van der Waals surface area (Å²) in [7, 11) is 1.69. The van der Waals surface area contributed by atoms with Gasteiger partial charge in [-0.15, -0.1) is 0 Å². The molecule has 3 aromatic rings. The van der Waals surface area contributed by atoms with Crippen molar-refractivity contribution in [2.75, 3.05) is 44.7 Å². The highest BCUT2D eigenvalue weighted by Crippen LogP contribution is 2.30. The average molecular weight is 473 g/mol. The number of ether oxygens (including phenoxy) is 2. The Bertz CT molecular complexity index is 1070. The van der Waals surface area contributed by atoms with Crippen molar-refractivity contribution in [1.82, 2.24) is 4.90 Å². The summed E-state index contributed by atoms with van der Waals surface area (Å²) in [4.78, 5) is 4.70. The van der Waals surface area contributed by atoms with Crippen LogP contribution in [0.5, 0.6) is 11.5 Å². The molecule has 7 heteroatoms. The molecule has 4 nitrogen and oxygen atoms in total. The lowest BCUT2D eigenvalue weighted by atomic mass is 10.1. The molecule has 1 heterocycles. The quantitative estimate of drug-likeness (QED) is 0.404. The molecule has 0 spiro atoms. The molecule has 1 aliphatic rings. The molecule has 4 rings (SSSR count). The summed E-state index contributed by atoms with van der Waals surface area (Å²) in [5.41, 5.74) is 1.84. The number of piperazine rings is 1. The number of anilines is 1. The minimum Gasteiger partial charge on any atom is -0.495 e. The second-order valence-corrected chi connectivity index (χ2v) is 8.43. The van der Waals surface area contributed by atoms with Gasteiger partial charge >= 0.3 is 0 Å². The minimum absolute atomic E-state index is 0.00189. The molecule has 1 fully saturated rings. The van der Waals surface area contributed by atoms with Gasteiger partial charge in [-0.25, -0.2) is 8.78 Å². The SMILES string of the molecule is COc1ccccc1N1CCN(CC[C@H](Oc2ccc(F)c(Cl)c2)c2cccc(F)c2)CC1. The largest absolute Gasteiger partial charge is 0.495 e. The number of hydrogen-bond acceptors (Lipinski definition) is 4. The Morgan fingerprint density at radius 3 is 2.45 bits per heavy atom. The molecule has 0 saturated carbocycles. The Kier molecular flexibility index (Phi) is 7.68. The predicted octanol–water partition coefficient (Wildman–Crippen LogP) is 5.96. The highest BCUT2D eigenvalue weighted by Gasteiger charge is 2.22. The lowest BCUT2D eigenvalue weighted by molar-refractivity contribution is 0.159. The first-order valence-corrected chi connectivity index (χ1v) is 11.4. The van der Waals surface area contributed by atoms with Gasteiger partial charge in [0.15, 0.2) is 0 Å². The zero-order valence-corrected chi connectivity index (χ0v) is 19.3. The van der Waals surface area contributed by atoms with Crippen LogP contribution in [0.15, 0.2) is 66.7 Å². The van der Waals surface area contributed by atoms with Crippen molar-refractivity contribution >= 4 is 17.3 Å². The van der Waals surface area contributed by atoms with E-state index >= 15 is 0 Å². The topological polar surface area (TPSA) is 24.9 Å². The smallest absolute Gasteiger partial charge is 0.142 e. The van der Waals surface area contributed by atoms with Gasteiger partial charge in [-0.3, -0.25) is 4.90 Å². The molecule has 0 amide bonds. The summed E-state index contributed by atoms with van der Waals surface area (Å²) in [5, 5.41) is -0.00189. The zero-order chi connectivity index (χ0) is 23.2. The van der Waals surface area contributed by atoms with Gasteiger partial charge in [0.1, 0.15) is 29.2 Å². The molecule has 0 aliphatic carbocycles. The van der Waals surface area contributed by atoms with Gasteiger partial charge in [0.25, 0.3) is 0 Å². The van der Waals surface area contributed by atoms with E-state index in [4.69, 9.17) is 21.1 Å². The highest BCUT2D eigenvalue weighted by molar-refractivity contribution is 6.30. The molecule has 33 heavy (non-hydrogen) atoms. The van der Waals surface area contributed by atoms with Gasteiger partial charge in [-0.2, -0.15) is 0 Å². The molecule has 0 unspecified atom stereocenters. The third-order valence-corrected chi connectivity index (χ3v) is 6.19. The van der Waals surface area contributed by atoms with Crippen molar-refractivity contribution in [1.29, 1.82) is 0 Å². The van der Waals surface area contributed by atoms with E-state index in [9.17, 15) is 8.78 Å². The standard InChI is InChI=1S/C26H27ClF2N2O2/c1-32-26-8-3-2-7-24(26)31-15-13-30(14-16-31)12-11-25(19-5-4-6-20(28)17-19)33-21-9-10-23(29)22(27)18-21/h2-10,17-18,25H,11-16H2,1H3/t25-/m0/s1. The normalized spacial score (nSPS) is 15.3. The van der Waals surface area contributed by atoms with Crippen LogP contribution in [-0.4, -0.2) is 44.7 Å². The van der Waals surface area contributed by atoms with Gasteiger partial charge in [-0.05, 0) is 42.0 Å². The number of para-hydroxylation sites is 2. The molecule has 0 N–H and O–H groups in total. The van der Waals surface area contributed by atoms with Gasteiger partial charge in [0.05, 0.1) is 17.8 Å². The van der Waals surface area contributed by atoms with E-state index in [0.29, 0.717) is 12.2 Å². The summed E-state index contributed by atoms with van der Waals surface area (Å²) in [5.74, 6) is 0.517.